The van der Waals surface area contributed by atoms with Gasteiger partial charge in [-0.25, -0.2) is 0 Å². The molecule has 8 nitrogen and oxygen atoms in total. The van der Waals surface area contributed by atoms with Crippen molar-refractivity contribution in [1.82, 2.24) is 3.82 Å². The molecule has 0 saturated heterocycles. The van der Waals surface area contributed by atoms with Gasteiger partial charge in [-0.15, -0.1) is 0 Å². The van der Waals surface area contributed by atoms with Crippen molar-refractivity contribution in [3.8, 4) is 0 Å². The lowest BCUT2D eigenvalue weighted by Gasteiger charge is -2.16. The highest BCUT2D eigenvalue weighted by molar-refractivity contribution is 7.98. The van der Waals surface area contributed by atoms with E-state index < -0.39 is 24.4 Å². The number of hydrogen-bond acceptors (Lipinski definition) is 5. The molecule has 96 valence electrons. The molecule has 0 aliphatic rings. The van der Waals surface area contributed by atoms with Crippen LogP contribution in [-0.4, -0.2) is 29.8 Å². The maximum absolute atomic E-state index is 10.7. The predicted octanol–water partition coefficient (Wildman–Crippen LogP) is 0.574. The minimum atomic E-state index is -5.18. The molecular formula is C6H7ClN2O6S2. The molecule has 3 N–H and O–H groups in total. The highest BCUT2D eigenvalue weighted by Gasteiger charge is 2.31. The van der Waals surface area contributed by atoms with Gasteiger partial charge in [-0.3, -0.25) is 14.5 Å². The first-order valence-corrected chi connectivity index (χ1v) is 7.05. The predicted molar refractivity (Wildman–Crippen MR) is 60.0 cm³/mol. The Morgan fingerprint density at radius 1 is 1.00 bits per heavy atom. The van der Waals surface area contributed by atoms with E-state index >= 15 is 0 Å². The number of benzene rings is 1. The molecule has 0 spiro atoms. The van der Waals surface area contributed by atoms with Gasteiger partial charge in [0.1, 0.15) is 0 Å². The van der Waals surface area contributed by atoms with Gasteiger partial charge in [0, 0.05) is 8.84 Å². The number of anilines is 1. The normalized spacial score (nSPS) is 12.7. The third kappa shape index (κ3) is 4.11. The summed E-state index contributed by atoms with van der Waals surface area (Å²) in [7, 11) is -10.4. The molecule has 0 heterocycles. The second-order valence-electron chi connectivity index (χ2n) is 2.77. The van der Waals surface area contributed by atoms with Gasteiger partial charge in [-0.05, 0) is 24.3 Å². The summed E-state index contributed by atoms with van der Waals surface area (Å²) in [6.07, 6.45) is 0. The second-order valence-corrected chi connectivity index (χ2v) is 5.96. The Labute approximate surface area is 103 Å². The van der Waals surface area contributed by atoms with Crippen LogP contribution in [-0.2, 0) is 20.6 Å². The minimum absolute atomic E-state index is 0.0235. The summed E-state index contributed by atoms with van der Waals surface area (Å²) in [5.41, 5.74) is 1.76. The Bertz CT molecular complexity index is 564. The summed E-state index contributed by atoms with van der Waals surface area (Å²) in [5.74, 6) is 0. The molecule has 1 aromatic carbocycles. The molecule has 0 bridgehead atoms. The van der Waals surface area contributed by atoms with Crippen LogP contribution in [0.5, 0.6) is 0 Å². The average Bonchev–Trinajstić information content (AvgIpc) is 2.13. The fourth-order valence-corrected chi connectivity index (χ4v) is 2.38. The molecule has 0 amide bonds. The molecule has 0 aliphatic carbocycles. The lowest BCUT2D eigenvalue weighted by molar-refractivity contribution is 0.402. The van der Waals surface area contributed by atoms with Gasteiger partial charge >= 0.3 is 20.6 Å². The summed E-state index contributed by atoms with van der Waals surface area (Å²) < 4.78 is 59.3. The SMILES string of the molecule is O=S(=O)(O)N(Nc1ccc(Cl)cc1)S(=O)(=O)O. The van der Waals surface area contributed by atoms with Crippen LogP contribution in [0, 0.1) is 0 Å². The number of nitrogens with zero attached hydrogens (tertiary/aromatic N) is 1. The van der Waals surface area contributed by atoms with E-state index in [0.717, 1.165) is 0 Å². The van der Waals surface area contributed by atoms with Crippen LogP contribution < -0.4 is 5.43 Å². The van der Waals surface area contributed by atoms with Crippen LogP contribution in [0.3, 0.4) is 0 Å². The fourth-order valence-electron chi connectivity index (χ4n) is 0.864. The molecule has 0 fully saturated rings. The van der Waals surface area contributed by atoms with Crippen molar-refractivity contribution in [3.05, 3.63) is 29.3 Å². The zero-order valence-corrected chi connectivity index (χ0v) is 10.4. The summed E-state index contributed by atoms with van der Waals surface area (Å²) >= 11 is 5.55. The van der Waals surface area contributed by atoms with Crippen LogP contribution >= 0.6 is 11.6 Å². The molecule has 11 heteroatoms. The standard InChI is InChI=1S/C6H7ClN2O6S2/c7-5-1-3-6(4-2-5)8-9(16(10,11)12)17(13,14)15/h1-4,8H,(H,10,11,12)(H,13,14,15). The maximum atomic E-state index is 10.7. The lowest BCUT2D eigenvalue weighted by Crippen LogP contribution is -2.40. The van der Waals surface area contributed by atoms with Crippen molar-refractivity contribution in [2.45, 2.75) is 0 Å². The first-order valence-electron chi connectivity index (χ1n) is 3.88. The quantitative estimate of drug-likeness (QED) is 0.548. The molecule has 17 heavy (non-hydrogen) atoms. The minimum Gasteiger partial charge on any atom is -0.288 e. The molecule has 1 rings (SSSR count). The van der Waals surface area contributed by atoms with E-state index in [2.05, 4.69) is 0 Å². The average molecular weight is 303 g/mol. The number of halogens is 1. The Morgan fingerprint density at radius 2 is 1.41 bits per heavy atom. The van der Waals surface area contributed by atoms with Crippen LogP contribution in [0.4, 0.5) is 5.69 Å². The molecule has 0 atom stereocenters. The Kier molecular flexibility index (Phi) is 3.96. The molecular weight excluding hydrogens is 296 g/mol. The first kappa shape index (κ1) is 14.2. The summed E-state index contributed by atoms with van der Waals surface area (Å²) in [6, 6.07) is 5.17. The number of hydrogen-bond donors (Lipinski definition) is 3. The Hall–Kier alpha value is -0.910. The van der Waals surface area contributed by atoms with E-state index in [1.54, 1.807) is 5.43 Å². The summed E-state index contributed by atoms with van der Waals surface area (Å²) in [4.78, 5) is 0. The van der Waals surface area contributed by atoms with Crippen molar-refractivity contribution in [1.29, 1.82) is 0 Å². The lowest BCUT2D eigenvalue weighted by atomic mass is 10.3. The molecule has 1 aromatic rings. The maximum Gasteiger partial charge on any atom is 0.369 e. The Balaban J connectivity index is 3.09. The second kappa shape index (κ2) is 4.76. The zero-order valence-electron chi connectivity index (χ0n) is 7.98. The Morgan fingerprint density at radius 3 is 1.76 bits per heavy atom. The van der Waals surface area contributed by atoms with Gasteiger partial charge in [-0.2, -0.15) is 16.8 Å². The molecule has 0 saturated carbocycles. The van der Waals surface area contributed by atoms with Gasteiger partial charge in [-0.1, -0.05) is 11.6 Å². The van der Waals surface area contributed by atoms with Gasteiger partial charge in [0.25, 0.3) is 0 Å². The molecule has 0 aromatic heterocycles. The molecule has 0 aliphatic heterocycles. The van der Waals surface area contributed by atoms with E-state index in [4.69, 9.17) is 20.7 Å². The van der Waals surface area contributed by atoms with E-state index in [-0.39, 0.29) is 5.69 Å². The van der Waals surface area contributed by atoms with Crippen molar-refractivity contribution in [2.75, 3.05) is 5.43 Å². The van der Waals surface area contributed by atoms with Gasteiger partial charge in [0.15, 0.2) is 0 Å². The van der Waals surface area contributed by atoms with Gasteiger partial charge < -0.3 is 0 Å². The van der Waals surface area contributed by atoms with Crippen LogP contribution in [0.2, 0.25) is 5.02 Å². The van der Waals surface area contributed by atoms with Crippen molar-refractivity contribution in [2.24, 2.45) is 0 Å². The largest absolute Gasteiger partial charge is 0.369 e. The third-order valence-corrected chi connectivity index (χ3v) is 3.89. The zero-order chi connectivity index (χ0) is 13.3. The first-order chi connectivity index (χ1) is 7.60. The van der Waals surface area contributed by atoms with Gasteiger partial charge in [0.05, 0.1) is 5.69 Å². The number of rotatable bonds is 4. The van der Waals surface area contributed by atoms with Crippen molar-refractivity contribution < 1.29 is 25.9 Å². The summed E-state index contributed by atoms with van der Waals surface area (Å²) in [6.45, 7) is 0. The highest BCUT2D eigenvalue weighted by atomic mass is 35.5. The molecule has 0 radical (unpaired) electrons. The number of nitrogens with one attached hydrogen (secondary N) is 1. The third-order valence-electron chi connectivity index (χ3n) is 1.48. The van der Waals surface area contributed by atoms with Crippen LogP contribution in [0.1, 0.15) is 0 Å². The van der Waals surface area contributed by atoms with E-state index in [1.165, 1.54) is 24.3 Å². The fraction of sp³-hybridized carbons (Fsp3) is 0. The monoisotopic (exact) mass is 302 g/mol. The summed E-state index contributed by atoms with van der Waals surface area (Å²) in [5, 5.41) is 0.334. The van der Waals surface area contributed by atoms with Crippen molar-refractivity contribution in [3.63, 3.8) is 0 Å². The van der Waals surface area contributed by atoms with E-state index in [0.29, 0.717) is 5.02 Å². The topological polar surface area (TPSA) is 124 Å². The van der Waals surface area contributed by atoms with Crippen LogP contribution in [0.15, 0.2) is 24.3 Å². The molecule has 0 unspecified atom stereocenters. The van der Waals surface area contributed by atoms with Crippen molar-refractivity contribution >= 4 is 37.9 Å². The smallest absolute Gasteiger partial charge is 0.288 e. The highest BCUT2D eigenvalue weighted by Crippen LogP contribution is 2.16. The van der Waals surface area contributed by atoms with Crippen LogP contribution in [0.25, 0.3) is 0 Å². The van der Waals surface area contributed by atoms with E-state index in [9.17, 15) is 16.8 Å². The number of hydrazine groups is 1. The van der Waals surface area contributed by atoms with E-state index in [1.807, 2.05) is 0 Å². The van der Waals surface area contributed by atoms with Gasteiger partial charge in [0.2, 0.25) is 0 Å².